The van der Waals surface area contributed by atoms with E-state index in [1.165, 1.54) is 4.90 Å². The summed E-state index contributed by atoms with van der Waals surface area (Å²) in [6.45, 7) is 2.59. The van der Waals surface area contributed by atoms with Gasteiger partial charge in [0.25, 0.3) is 5.91 Å². The highest BCUT2D eigenvalue weighted by Crippen LogP contribution is 2.31. The molecule has 130 valence electrons. The number of imide groups is 1. The lowest BCUT2D eigenvalue weighted by Crippen LogP contribution is -2.44. The SMILES string of the molecule is COc1cc(CN2CC(=O)N(C3CSCC3C)C2=O)cc(OC)c1. The molecule has 0 spiro atoms. The average Bonchev–Trinajstić information content (AvgIpc) is 3.10. The van der Waals surface area contributed by atoms with Gasteiger partial charge >= 0.3 is 6.03 Å². The van der Waals surface area contributed by atoms with Gasteiger partial charge < -0.3 is 14.4 Å². The number of thioether (sulfide) groups is 1. The van der Waals surface area contributed by atoms with E-state index in [9.17, 15) is 9.59 Å². The van der Waals surface area contributed by atoms with Gasteiger partial charge in [-0.2, -0.15) is 11.8 Å². The number of ether oxygens (including phenoxy) is 2. The first-order valence-electron chi connectivity index (χ1n) is 7.94. The third kappa shape index (κ3) is 3.17. The maximum Gasteiger partial charge on any atom is 0.327 e. The number of nitrogens with zero attached hydrogens (tertiary/aromatic N) is 2. The van der Waals surface area contributed by atoms with Crippen LogP contribution in [-0.2, 0) is 11.3 Å². The van der Waals surface area contributed by atoms with E-state index in [0.29, 0.717) is 24.0 Å². The number of urea groups is 1. The molecule has 0 aliphatic carbocycles. The fraction of sp³-hybridized carbons (Fsp3) is 0.529. The van der Waals surface area contributed by atoms with E-state index in [1.54, 1.807) is 36.9 Å². The van der Waals surface area contributed by atoms with E-state index in [0.717, 1.165) is 17.1 Å². The summed E-state index contributed by atoms with van der Waals surface area (Å²) in [7, 11) is 3.17. The van der Waals surface area contributed by atoms with Crippen LogP contribution < -0.4 is 9.47 Å². The maximum atomic E-state index is 12.7. The Morgan fingerprint density at radius 3 is 2.33 bits per heavy atom. The molecule has 1 aromatic carbocycles. The molecule has 2 unspecified atom stereocenters. The van der Waals surface area contributed by atoms with Crippen molar-refractivity contribution < 1.29 is 19.1 Å². The predicted molar refractivity (Wildman–Crippen MR) is 92.5 cm³/mol. The Morgan fingerprint density at radius 2 is 1.79 bits per heavy atom. The molecular weight excluding hydrogens is 328 g/mol. The number of amides is 3. The molecule has 2 saturated heterocycles. The molecule has 3 rings (SSSR count). The summed E-state index contributed by atoms with van der Waals surface area (Å²) in [5.41, 5.74) is 0.878. The number of hydrogen-bond acceptors (Lipinski definition) is 5. The monoisotopic (exact) mass is 350 g/mol. The van der Waals surface area contributed by atoms with Crippen LogP contribution in [0.15, 0.2) is 18.2 Å². The second kappa shape index (κ2) is 6.93. The molecule has 0 saturated carbocycles. The minimum Gasteiger partial charge on any atom is -0.497 e. The van der Waals surface area contributed by atoms with Crippen LogP contribution in [0.5, 0.6) is 11.5 Å². The molecule has 3 amide bonds. The molecule has 1 aromatic rings. The van der Waals surface area contributed by atoms with Crippen LogP contribution in [0.25, 0.3) is 0 Å². The topological polar surface area (TPSA) is 59.1 Å². The van der Waals surface area contributed by atoms with Crippen molar-refractivity contribution in [2.45, 2.75) is 19.5 Å². The van der Waals surface area contributed by atoms with E-state index in [1.807, 2.05) is 12.1 Å². The van der Waals surface area contributed by atoms with Gasteiger partial charge in [-0.25, -0.2) is 4.79 Å². The van der Waals surface area contributed by atoms with Gasteiger partial charge in [0.15, 0.2) is 0 Å². The van der Waals surface area contributed by atoms with E-state index >= 15 is 0 Å². The van der Waals surface area contributed by atoms with Crippen LogP contribution in [0.4, 0.5) is 4.79 Å². The Kier molecular flexibility index (Phi) is 4.89. The molecule has 7 heteroatoms. The number of carbonyl (C=O) groups is 2. The zero-order valence-electron chi connectivity index (χ0n) is 14.2. The van der Waals surface area contributed by atoms with Gasteiger partial charge in [-0.3, -0.25) is 9.69 Å². The molecule has 0 radical (unpaired) electrons. The normalized spacial score (nSPS) is 24.0. The van der Waals surface area contributed by atoms with E-state index < -0.39 is 0 Å². The molecule has 2 aliphatic heterocycles. The fourth-order valence-electron chi connectivity index (χ4n) is 3.17. The minimum atomic E-state index is -0.193. The average molecular weight is 350 g/mol. The molecule has 6 nitrogen and oxygen atoms in total. The Morgan fingerprint density at radius 1 is 1.12 bits per heavy atom. The van der Waals surface area contributed by atoms with Gasteiger partial charge in [0.1, 0.15) is 18.0 Å². The van der Waals surface area contributed by atoms with E-state index in [-0.39, 0.29) is 24.5 Å². The van der Waals surface area contributed by atoms with Crippen molar-refractivity contribution in [3.63, 3.8) is 0 Å². The smallest absolute Gasteiger partial charge is 0.327 e. The third-order valence-electron chi connectivity index (χ3n) is 4.51. The van der Waals surface area contributed by atoms with Crippen LogP contribution in [0, 0.1) is 5.92 Å². The van der Waals surface area contributed by atoms with Crippen molar-refractivity contribution in [1.82, 2.24) is 9.80 Å². The Labute approximate surface area is 146 Å². The van der Waals surface area contributed by atoms with Crippen molar-refractivity contribution in [3.05, 3.63) is 23.8 Å². The highest BCUT2D eigenvalue weighted by molar-refractivity contribution is 7.99. The van der Waals surface area contributed by atoms with Gasteiger partial charge in [0, 0.05) is 18.4 Å². The van der Waals surface area contributed by atoms with Crippen LogP contribution >= 0.6 is 11.8 Å². The molecular formula is C17H22N2O4S. The first-order valence-corrected chi connectivity index (χ1v) is 9.09. The second-order valence-corrected chi connectivity index (χ2v) is 7.28. The van der Waals surface area contributed by atoms with Gasteiger partial charge in [0.2, 0.25) is 0 Å². The molecule has 2 heterocycles. The summed E-state index contributed by atoms with van der Waals surface area (Å²) in [5, 5.41) is 0. The number of hydrogen-bond donors (Lipinski definition) is 0. The first kappa shape index (κ1) is 17.0. The Bertz CT molecular complexity index is 629. The van der Waals surface area contributed by atoms with Crippen LogP contribution in [0.2, 0.25) is 0 Å². The highest BCUT2D eigenvalue weighted by Gasteiger charge is 2.43. The van der Waals surface area contributed by atoms with Gasteiger partial charge in [-0.05, 0) is 29.4 Å². The molecule has 24 heavy (non-hydrogen) atoms. The Balaban J connectivity index is 1.77. The molecule has 0 aromatic heterocycles. The highest BCUT2D eigenvalue weighted by atomic mass is 32.2. The molecule has 2 fully saturated rings. The number of benzene rings is 1. The molecule has 0 N–H and O–H groups in total. The zero-order chi connectivity index (χ0) is 17.3. The summed E-state index contributed by atoms with van der Waals surface area (Å²) >= 11 is 1.80. The predicted octanol–water partition coefficient (Wildman–Crippen LogP) is 2.22. The third-order valence-corrected chi connectivity index (χ3v) is 5.85. The molecule has 0 bridgehead atoms. The zero-order valence-corrected chi connectivity index (χ0v) is 15.0. The summed E-state index contributed by atoms with van der Waals surface area (Å²) in [6, 6.07) is 5.32. The number of rotatable bonds is 5. The molecule has 2 atom stereocenters. The molecule has 2 aliphatic rings. The van der Waals surface area contributed by atoms with Crippen molar-refractivity contribution in [1.29, 1.82) is 0 Å². The quantitative estimate of drug-likeness (QED) is 0.762. The van der Waals surface area contributed by atoms with Gasteiger partial charge in [-0.1, -0.05) is 6.92 Å². The largest absolute Gasteiger partial charge is 0.497 e. The minimum absolute atomic E-state index is 0.0137. The van der Waals surface area contributed by atoms with Gasteiger partial charge in [-0.15, -0.1) is 0 Å². The van der Waals surface area contributed by atoms with Crippen molar-refractivity contribution in [2.75, 3.05) is 32.3 Å². The second-order valence-electron chi connectivity index (χ2n) is 6.21. The van der Waals surface area contributed by atoms with Crippen LogP contribution in [-0.4, -0.2) is 60.1 Å². The number of carbonyl (C=O) groups excluding carboxylic acids is 2. The van der Waals surface area contributed by atoms with Crippen molar-refractivity contribution in [3.8, 4) is 11.5 Å². The lowest BCUT2D eigenvalue weighted by molar-refractivity contribution is -0.127. The summed E-state index contributed by atoms with van der Waals surface area (Å²) in [4.78, 5) is 28.1. The lowest BCUT2D eigenvalue weighted by Gasteiger charge is -2.25. The number of methoxy groups -OCH3 is 2. The maximum absolute atomic E-state index is 12.7. The summed E-state index contributed by atoms with van der Waals surface area (Å²) in [5.74, 6) is 3.41. The van der Waals surface area contributed by atoms with Gasteiger partial charge in [0.05, 0.1) is 20.3 Å². The van der Waals surface area contributed by atoms with E-state index in [2.05, 4.69) is 6.92 Å². The standard InChI is InChI=1S/C17H22N2O4S/c1-11-9-24-10-15(11)19-16(20)8-18(17(19)21)7-12-4-13(22-2)6-14(5-12)23-3/h4-6,11,15H,7-10H2,1-3H3. The lowest BCUT2D eigenvalue weighted by atomic mass is 10.1. The summed E-state index contributed by atoms with van der Waals surface area (Å²) < 4.78 is 10.5. The van der Waals surface area contributed by atoms with Crippen molar-refractivity contribution >= 4 is 23.7 Å². The summed E-state index contributed by atoms with van der Waals surface area (Å²) in [6.07, 6.45) is 0. The van der Waals surface area contributed by atoms with E-state index in [4.69, 9.17) is 9.47 Å². The van der Waals surface area contributed by atoms with Crippen molar-refractivity contribution in [2.24, 2.45) is 5.92 Å². The van der Waals surface area contributed by atoms with Crippen LogP contribution in [0.1, 0.15) is 12.5 Å². The van der Waals surface area contributed by atoms with Crippen LogP contribution in [0.3, 0.4) is 0 Å². The fourth-order valence-corrected chi connectivity index (χ4v) is 4.62. The Hall–Kier alpha value is -1.89. The first-order chi connectivity index (χ1) is 11.5.